The molecule has 0 unspecified atom stereocenters. The highest BCUT2D eigenvalue weighted by Gasteiger charge is 1.99. The second kappa shape index (κ2) is 5.63. The molecule has 0 bridgehead atoms. The van der Waals surface area contributed by atoms with Gasteiger partial charge in [0.25, 0.3) is 0 Å². The van der Waals surface area contributed by atoms with E-state index in [1.165, 1.54) is 12.7 Å². The number of nitrogens with one attached hydrogen (secondary N) is 2. The van der Waals surface area contributed by atoms with E-state index in [-0.39, 0.29) is 12.5 Å². The lowest BCUT2D eigenvalue weighted by Gasteiger charge is -2.03. The van der Waals surface area contributed by atoms with E-state index in [1.807, 2.05) is 0 Å². The maximum Gasteiger partial charge on any atom is 0.239 e. The van der Waals surface area contributed by atoms with Crippen molar-refractivity contribution in [2.75, 3.05) is 18.4 Å². The van der Waals surface area contributed by atoms with Crippen LogP contribution < -0.4 is 10.6 Å². The molecule has 0 atom stereocenters. The van der Waals surface area contributed by atoms with Crippen molar-refractivity contribution in [3.8, 4) is 0 Å². The third-order valence-corrected chi connectivity index (χ3v) is 1.34. The van der Waals surface area contributed by atoms with Crippen molar-refractivity contribution in [1.82, 2.24) is 20.3 Å². The molecule has 0 spiro atoms. The molecule has 0 aliphatic heterocycles. The Morgan fingerprint density at radius 3 is 2.86 bits per heavy atom. The van der Waals surface area contributed by atoms with Crippen LogP contribution in [-0.2, 0) is 4.79 Å². The van der Waals surface area contributed by atoms with Gasteiger partial charge in [-0.25, -0.2) is 15.0 Å². The maximum absolute atomic E-state index is 11.1. The van der Waals surface area contributed by atoms with Crippen molar-refractivity contribution < 1.29 is 4.79 Å². The standard InChI is InChI=1S/C8H11N5O/c1-2-3-10-7(14)4-11-8-12-5-9-6-13-8/h2,5-6H,1,3-4H2,(H,10,14)(H,9,11,12,13). The number of aromatic nitrogens is 3. The van der Waals surface area contributed by atoms with E-state index in [9.17, 15) is 4.79 Å². The molecule has 0 aromatic carbocycles. The molecule has 0 fully saturated rings. The molecule has 0 saturated carbocycles. The zero-order valence-electron chi connectivity index (χ0n) is 7.60. The van der Waals surface area contributed by atoms with E-state index in [0.717, 1.165) is 0 Å². The number of rotatable bonds is 5. The zero-order chi connectivity index (χ0) is 10.2. The van der Waals surface area contributed by atoms with Crippen LogP contribution in [0.5, 0.6) is 0 Å². The van der Waals surface area contributed by atoms with Crippen molar-refractivity contribution in [3.05, 3.63) is 25.3 Å². The van der Waals surface area contributed by atoms with Crippen molar-refractivity contribution in [3.63, 3.8) is 0 Å². The van der Waals surface area contributed by atoms with E-state index in [4.69, 9.17) is 0 Å². The van der Waals surface area contributed by atoms with Crippen molar-refractivity contribution in [2.24, 2.45) is 0 Å². The van der Waals surface area contributed by atoms with Gasteiger partial charge in [0.2, 0.25) is 11.9 Å². The molecule has 1 amide bonds. The fourth-order valence-corrected chi connectivity index (χ4v) is 0.738. The minimum atomic E-state index is -0.134. The average molecular weight is 193 g/mol. The summed E-state index contributed by atoms with van der Waals surface area (Å²) in [6.07, 6.45) is 4.33. The molecule has 1 rings (SSSR count). The van der Waals surface area contributed by atoms with Crippen LogP contribution in [0.4, 0.5) is 5.95 Å². The number of hydrogen-bond donors (Lipinski definition) is 2. The lowest BCUT2D eigenvalue weighted by molar-refractivity contribution is -0.119. The molecule has 0 aliphatic rings. The molecule has 14 heavy (non-hydrogen) atoms. The monoisotopic (exact) mass is 193 g/mol. The van der Waals surface area contributed by atoms with E-state index < -0.39 is 0 Å². The van der Waals surface area contributed by atoms with Crippen molar-refractivity contribution >= 4 is 11.9 Å². The van der Waals surface area contributed by atoms with Crippen LogP contribution in [0.15, 0.2) is 25.3 Å². The van der Waals surface area contributed by atoms with Gasteiger partial charge < -0.3 is 10.6 Å². The topological polar surface area (TPSA) is 79.8 Å². The van der Waals surface area contributed by atoms with E-state index >= 15 is 0 Å². The minimum absolute atomic E-state index is 0.134. The molecular weight excluding hydrogens is 182 g/mol. The molecule has 1 heterocycles. The third-order valence-electron chi connectivity index (χ3n) is 1.34. The van der Waals surface area contributed by atoms with Gasteiger partial charge in [-0.3, -0.25) is 4.79 Å². The maximum atomic E-state index is 11.1. The fraction of sp³-hybridized carbons (Fsp3) is 0.250. The molecule has 6 nitrogen and oxygen atoms in total. The van der Waals surface area contributed by atoms with Gasteiger partial charge in [-0.1, -0.05) is 6.08 Å². The Morgan fingerprint density at radius 2 is 2.21 bits per heavy atom. The molecular formula is C8H11N5O. The highest BCUT2D eigenvalue weighted by atomic mass is 16.1. The van der Waals surface area contributed by atoms with Gasteiger partial charge in [0.1, 0.15) is 12.7 Å². The smallest absolute Gasteiger partial charge is 0.239 e. The van der Waals surface area contributed by atoms with Crippen LogP contribution in [0.2, 0.25) is 0 Å². The van der Waals surface area contributed by atoms with Crippen molar-refractivity contribution in [2.45, 2.75) is 0 Å². The number of nitrogens with zero attached hydrogens (tertiary/aromatic N) is 3. The largest absolute Gasteiger partial charge is 0.351 e. The number of hydrogen-bond acceptors (Lipinski definition) is 5. The highest BCUT2D eigenvalue weighted by molar-refractivity contribution is 5.80. The van der Waals surface area contributed by atoms with Crippen LogP contribution in [0.3, 0.4) is 0 Å². The summed E-state index contributed by atoms with van der Waals surface area (Å²) >= 11 is 0. The summed E-state index contributed by atoms with van der Waals surface area (Å²) in [4.78, 5) is 22.3. The second-order valence-corrected chi connectivity index (χ2v) is 2.41. The predicted octanol–water partition coefficient (Wildman–Crippen LogP) is -0.414. The molecule has 0 radical (unpaired) electrons. The molecule has 0 aliphatic carbocycles. The van der Waals surface area contributed by atoms with Crippen molar-refractivity contribution in [1.29, 1.82) is 0 Å². The third kappa shape index (κ3) is 3.61. The van der Waals surface area contributed by atoms with E-state index in [1.54, 1.807) is 6.08 Å². The van der Waals surface area contributed by atoms with Gasteiger partial charge >= 0.3 is 0 Å². The Kier molecular flexibility index (Phi) is 4.06. The lowest BCUT2D eigenvalue weighted by Crippen LogP contribution is -2.30. The summed E-state index contributed by atoms with van der Waals surface area (Å²) in [5.74, 6) is 0.249. The van der Waals surface area contributed by atoms with Crippen LogP contribution >= 0.6 is 0 Å². The van der Waals surface area contributed by atoms with Crippen LogP contribution in [0.25, 0.3) is 0 Å². The first kappa shape index (κ1) is 10.1. The molecule has 6 heteroatoms. The number of amides is 1. The quantitative estimate of drug-likeness (QED) is 0.621. The first-order valence-electron chi connectivity index (χ1n) is 4.06. The van der Waals surface area contributed by atoms with Gasteiger partial charge in [-0.15, -0.1) is 6.58 Å². The SMILES string of the molecule is C=CCNC(=O)CNc1ncncn1. The van der Waals surface area contributed by atoms with Gasteiger partial charge in [-0.2, -0.15) is 0 Å². The fourth-order valence-electron chi connectivity index (χ4n) is 0.738. The molecule has 74 valence electrons. The molecule has 0 saturated heterocycles. The first-order chi connectivity index (χ1) is 6.83. The van der Waals surface area contributed by atoms with Gasteiger partial charge in [0.15, 0.2) is 0 Å². The molecule has 1 aromatic rings. The van der Waals surface area contributed by atoms with Crippen LogP contribution in [0, 0.1) is 0 Å². The summed E-state index contributed by atoms with van der Waals surface area (Å²) in [5.41, 5.74) is 0. The van der Waals surface area contributed by atoms with Gasteiger partial charge in [-0.05, 0) is 0 Å². The first-order valence-corrected chi connectivity index (χ1v) is 4.06. The molecule has 2 N–H and O–H groups in total. The Balaban J connectivity index is 2.27. The van der Waals surface area contributed by atoms with E-state index in [2.05, 4.69) is 32.2 Å². The van der Waals surface area contributed by atoms with Crippen LogP contribution in [0.1, 0.15) is 0 Å². The second-order valence-electron chi connectivity index (χ2n) is 2.41. The zero-order valence-corrected chi connectivity index (χ0v) is 7.60. The average Bonchev–Trinajstić information content (AvgIpc) is 2.25. The Morgan fingerprint density at radius 1 is 1.50 bits per heavy atom. The van der Waals surface area contributed by atoms with E-state index in [0.29, 0.717) is 12.5 Å². The highest BCUT2D eigenvalue weighted by Crippen LogP contribution is 1.89. The summed E-state index contributed by atoms with van der Waals surface area (Å²) in [6, 6.07) is 0. The van der Waals surface area contributed by atoms with Gasteiger partial charge in [0, 0.05) is 6.54 Å². The lowest BCUT2D eigenvalue weighted by atomic mass is 10.5. The number of carbonyl (C=O) groups excluding carboxylic acids is 1. The number of anilines is 1. The van der Waals surface area contributed by atoms with Crippen LogP contribution in [-0.4, -0.2) is 33.9 Å². The Labute approximate surface area is 81.5 Å². The minimum Gasteiger partial charge on any atom is -0.351 e. The Bertz CT molecular complexity index is 300. The Hall–Kier alpha value is -1.98. The summed E-state index contributed by atoms with van der Waals surface area (Å²) in [7, 11) is 0. The summed E-state index contributed by atoms with van der Waals surface area (Å²) in [6.45, 7) is 4.08. The summed E-state index contributed by atoms with van der Waals surface area (Å²) in [5, 5.41) is 5.36. The number of carbonyl (C=O) groups is 1. The predicted molar refractivity (Wildman–Crippen MR) is 51.5 cm³/mol. The van der Waals surface area contributed by atoms with Gasteiger partial charge in [0.05, 0.1) is 6.54 Å². The molecule has 1 aromatic heterocycles. The normalized spacial score (nSPS) is 9.14. The summed E-state index contributed by atoms with van der Waals surface area (Å²) < 4.78 is 0.